The summed E-state index contributed by atoms with van der Waals surface area (Å²) in [5.41, 5.74) is -0.00664. The molecule has 1 amide bonds. The van der Waals surface area contributed by atoms with Crippen molar-refractivity contribution in [3.05, 3.63) is 76.8 Å². The maximum absolute atomic E-state index is 12.5. The summed E-state index contributed by atoms with van der Waals surface area (Å²) in [6, 6.07) is 11.8. The molecule has 10 nitrogen and oxygen atoms in total. The van der Waals surface area contributed by atoms with Gasteiger partial charge in [0.1, 0.15) is 22.5 Å². The lowest BCUT2D eigenvalue weighted by Crippen LogP contribution is -2.15. The summed E-state index contributed by atoms with van der Waals surface area (Å²) < 4.78 is 16.0. The first-order valence-corrected chi connectivity index (χ1v) is 9.79. The Kier molecular flexibility index (Phi) is 5.98. The van der Waals surface area contributed by atoms with Crippen LogP contribution in [0.5, 0.6) is 11.5 Å². The molecule has 33 heavy (non-hydrogen) atoms. The number of rotatable bonds is 5. The van der Waals surface area contributed by atoms with Crippen LogP contribution in [0.1, 0.15) is 17.3 Å². The number of fused-ring (bicyclic) bond motifs is 1. The Morgan fingerprint density at radius 1 is 1.15 bits per heavy atom. The molecular weight excluding hydrogens is 430 g/mol. The molecule has 2 heterocycles. The van der Waals surface area contributed by atoms with Crippen molar-refractivity contribution in [1.29, 1.82) is 0 Å². The van der Waals surface area contributed by atoms with Crippen molar-refractivity contribution in [3.8, 4) is 23.0 Å². The number of hydrogen-bond donors (Lipinski definition) is 2. The van der Waals surface area contributed by atoms with E-state index in [1.165, 1.54) is 48.8 Å². The van der Waals surface area contributed by atoms with Crippen LogP contribution in [0.15, 0.2) is 70.1 Å². The maximum atomic E-state index is 12.5. The molecule has 10 heteroatoms. The number of carbonyl (C=O) groups is 2. The zero-order chi connectivity index (χ0) is 23.4. The van der Waals surface area contributed by atoms with Gasteiger partial charge in [0.2, 0.25) is 5.89 Å². The summed E-state index contributed by atoms with van der Waals surface area (Å²) >= 11 is 0. The number of benzene rings is 2. The molecule has 2 aromatic carbocycles. The molecule has 166 valence electrons. The van der Waals surface area contributed by atoms with E-state index in [1.54, 1.807) is 19.1 Å². The quantitative estimate of drug-likeness (QED) is 0.346. The molecule has 0 aliphatic heterocycles. The van der Waals surface area contributed by atoms with Crippen molar-refractivity contribution in [3.63, 3.8) is 0 Å². The highest BCUT2D eigenvalue weighted by Gasteiger charge is 2.18. The summed E-state index contributed by atoms with van der Waals surface area (Å²) in [6.45, 7) is 1.77. The number of phenols is 1. The van der Waals surface area contributed by atoms with E-state index >= 15 is 0 Å². The van der Waals surface area contributed by atoms with Crippen LogP contribution in [0, 0.1) is 0 Å². The number of nitrogens with one attached hydrogen (secondary N) is 1. The van der Waals surface area contributed by atoms with E-state index in [9.17, 15) is 19.5 Å². The van der Waals surface area contributed by atoms with Crippen LogP contribution in [0.4, 0.5) is 10.5 Å². The lowest BCUT2D eigenvalue weighted by Gasteiger charge is -2.12. The Morgan fingerprint density at radius 3 is 2.76 bits per heavy atom. The Morgan fingerprint density at radius 2 is 2.00 bits per heavy atom. The van der Waals surface area contributed by atoms with E-state index < -0.39 is 17.6 Å². The second-order valence-corrected chi connectivity index (χ2v) is 6.66. The average molecular weight is 447 g/mol. The smallest absolute Gasteiger partial charge is 0.411 e. The summed E-state index contributed by atoms with van der Waals surface area (Å²) in [5, 5.41) is 12.4. The molecule has 2 aromatic heterocycles. The van der Waals surface area contributed by atoms with E-state index in [0.29, 0.717) is 0 Å². The standard InChI is InChI=1S/C23H17N3O7/c1-2-31-23(30)25-16-11-14(32-22(29)13-5-4-10-24-12-13)8-9-15(16)21-26-20(28)19-17(27)6-3-7-18(19)33-21/h3-12,27H,2H2,1H3,(H,25,30). The number of aromatic nitrogens is 2. The Balaban J connectivity index is 1.76. The zero-order valence-corrected chi connectivity index (χ0v) is 17.3. The largest absolute Gasteiger partial charge is 0.507 e. The van der Waals surface area contributed by atoms with Gasteiger partial charge in [0, 0.05) is 18.5 Å². The van der Waals surface area contributed by atoms with Gasteiger partial charge in [-0.05, 0) is 43.3 Å². The molecule has 2 N–H and O–H groups in total. The molecule has 4 aromatic rings. The number of ether oxygens (including phenoxy) is 2. The van der Waals surface area contributed by atoms with Gasteiger partial charge >= 0.3 is 12.1 Å². The van der Waals surface area contributed by atoms with Gasteiger partial charge in [-0.15, -0.1) is 0 Å². The third-order valence-electron chi connectivity index (χ3n) is 4.47. The molecule has 0 atom stereocenters. The van der Waals surface area contributed by atoms with Gasteiger partial charge in [-0.1, -0.05) is 6.07 Å². The fourth-order valence-corrected chi connectivity index (χ4v) is 3.01. The van der Waals surface area contributed by atoms with Gasteiger partial charge in [-0.3, -0.25) is 15.1 Å². The number of anilines is 1. The molecule has 0 saturated heterocycles. The number of pyridine rings is 1. The molecule has 0 aliphatic rings. The summed E-state index contributed by atoms with van der Waals surface area (Å²) in [7, 11) is 0. The van der Waals surface area contributed by atoms with Gasteiger partial charge in [-0.2, -0.15) is 4.98 Å². The van der Waals surface area contributed by atoms with Crippen molar-refractivity contribution in [2.75, 3.05) is 11.9 Å². The number of hydrogen-bond acceptors (Lipinski definition) is 9. The fourth-order valence-electron chi connectivity index (χ4n) is 3.01. The van der Waals surface area contributed by atoms with Crippen LogP contribution in [-0.4, -0.2) is 33.7 Å². The fraction of sp³-hybridized carbons (Fsp3) is 0.0870. The molecule has 0 fully saturated rings. The van der Waals surface area contributed by atoms with Crippen molar-refractivity contribution in [2.24, 2.45) is 0 Å². The number of amides is 1. The molecular formula is C23H17N3O7. The monoisotopic (exact) mass is 447 g/mol. The van der Waals surface area contributed by atoms with E-state index in [4.69, 9.17) is 13.9 Å². The minimum atomic E-state index is -0.768. The van der Waals surface area contributed by atoms with Gasteiger partial charge in [0.25, 0.3) is 5.56 Å². The topological polar surface area (TPSA) is 141 Å². The second kappa shape index (κ2) is 9.18. The highest BCUT2D eigenvalue weighted by Crippen LogP contribution is 2.32. The van der Waals surface area contributed by atoms with E-state index in [2.05, 4.69) is 15.3 Å². The molecule has 0 aliphatic carbocycles. The highest BCUT2D eigenvalue weighted by molar-refractivity contribution is 5.93. The van der Waals surface area contributed by atoms with E-state index in [-0.39, 0.29) is 51.8 Å². The minimum absolute atomic E-state index is 0.0665. The van der Waals surface area contributed by atoms with Crippen molar-refractivity contribution in [1.82, 2.24) is 9.97 Å². The number of carbonyl (C=O) groups excluding carboxylic acids is 2. The normalized spacial score (nSPS) is 10.6. The van der Waals surface area contributed by atoms with Gasteiger partial charge in [0.05, 0.1) is 23.4 Å². The molecule has 0 radical (unpaired) electrons. The minimum Gasteiger partial charge on any atom is -0.507 e. The number of phenolic OH excluding ortho intramolecular Hbond substituents is 1. The zero-order valence-electron chi connectivity index (χ0n) is 17.3. The molecule has 0 spiro atoms. The predicted octanol–water partition coefficient (Wildman–Crippen LogP) is 3.74. The highest BCUT2D eigenvalue weighted by atomic mass is 16.5. The summed E-state index contributed by atoms with van der Waals surface area (Å²) in [5.74, 6) is -0.915. The first-order chi connectivity index (χ1) is 16.0. The Labute approximate surface area is 186 Å². The molecule has 0 unspecified atom stereocenters. The van der Waals surface area contributed by atoms with Crippen LogP contribution < -0.4 is 15.6 Å². The molecule has 0 bridgehead atoms. The second-order valence-electron chi connectivity index (χ2n) is 6.66. The maximum Gasteiger partial charge on any atom is 0.411 e. The van der Waals surface area contributed by atoms with Crippen LogP contribution in [0.3, 0.4) is 0 Å². The third-order valence-corrected chi connectivity index (χ3v) is 4.47. The first kappa shape index (κ1) is 21.5. The van der Waals surface area contributed by atoms with Crippen molar-refractivity contribution < 1.29 is 28.6 Å². The third kappa shape index (κ3) is 4.64. The van der Waals surface area contributed by atoms with Crippen LogP contribution >= 0.6 is 0 Å². The van der Waals surface area contributed by atoms with Crippen LogP contribution in [0.25, 0.3) is 22.4 Å². The van der Waals surface area contributed by atoms with Crippen LogP contribution in [-0.2, 0) is 4.74 Å². The molecule has 0 saturated carbocycles. The average Bonchev–Trinajstić information content (AvgIpc) is 2.80. The molecule has 4 rings (SSSR count). The number of aromatic hydroxyl groups is 1. The summed E-state index contributed by atoms with van der Waals surface area (Å²) in [4.78, 5) is 44.7. The first-order valence-electron chi connectivity index (χ1n) is 9.79. The van der Waals surface area contributed by atoms with Gasteiger partial charge in [-0.25, -0.2) is 9.59 Å². The Bertz CT molecular complexity index is 1400. The van der Waals surface area contributed by atoms with Gasteiger partial charge < -0.3 is 19.0 Å². The van der Waals surface area contributed by atoms with Crippen molar-refractivity contribution in [2.45, 2.75) is 6.92 Å². The lowest BCUT2D eigenvalue weighted by molar-refractivity contribution is 0.0734. The number of nitrogens with zero attached hydrogens (tertiary/aromatic N) is 2. The SMILES string of the molecule is CCOC(=O)Nc1cc(OC(=O)c2cccnc2)ccc1-c1nc(=O)c2c(O)cccc2o1. The van der Waals surface area contributed by atoms with Crippen LogP contribution in [0.2, 0.25) is 0 Å². The lowest BCUT2D eigenvalue weighted by atomic mass is 10.1. The van der Waals surface area contributed by atoms with E-state index in [0.717, 1.165) is 0 Å². The predicted molar refractivity (Wildman–Crippen MR) is 117 cm³/mol. The Hall–Kier alpha value is -4.73. The summed E-state index contributed by atoms with van der Waals surface area (Å²) in [6.07, 6.45) is 2.12. The van der Waals surface area contributed by atoms with Gasteiger partial charge in [0.15, 0.2) is 0 Å². The van der Waals surface area contributed by atoms with E-state index in [1.807, 2.05) is 0 Å². The number of esters is 1. The van der Waals surface area contributed by atoms with Crippen molar-refractivity contribution >= 4 is 28.7 Å².